The fraction of sp³-hybridized carbons (Fsp3) is 0.556. The molecule has 1 aromatic heterocycles. The van der Waals surface area contributed by atoms with E-state index in [1.165, 1.54) is 4.68 Å². The molecule has 0 aromatic carbocycles. The van der Waals surface area contributed by atoms with Gasteiger partial charge in [-0.1, -0.05) is 0 Å². The van der Waals surface area contributed by atoms with Gasteiger partial charge in [0, 0.05) is 18.7 Å². The van der Waals surface area contributed by atoms with Crippen LogP contribution in [0.15, 0.2) is 6.07 Å². The molecule has 0 fully saturated rings. The van der Waals surface area contributed by atoms with Gasteiger partial charge in [-0.05, 0) is 20.8 Å². The summed E-state index contributed by atoms with van der Waals surface area (Å²) in [5.41, 5.74) is 5.65. The van der Waals surface area contributed by atoms with E-state index in [-0.39, 0.29) is 11.4 Å². The average Bonchev–Trinajstić information content (AvgIpc) is 2.28. The third kappa shape index (κ3) is 2.48. The molecule has 0 spiro atoms. The van der Waals surface area contributed by atoms with Gasteiger partial charge in [0.05, 0.1) is 0 Å². The molecule has 1 heterocycles. The molecule has 0 aliphatic carbocycles. The number of nitrogens with one attached hydrogen (secondary N) is 1. The highest BCUT2D eigenvalue weighted by Gasteiger charge is 2.17. The van der Waals surface area contributed by atoms with E-state index in [9.17, 15) is 4.79 Å². The Balaban J connectivity index is 2.80. The van der Waals surface area contributed by atoms with Gasteiger partial charge in [0.1, 0.15) is 5.82 Å². The quantitative estimate of drug-likeness (QED) is 0.688. The molecule has 1 rings (SSSR count). The predicted molar refractivity (Wildman–Crippen MR) is 54.8 cm³/mol. The minimum absolute atomic E-state index is 0.204. The first-order chi connectivity index (χ1) is 6.29. The third-order valence-corrected chi connectivity index (χ3v) is 1.64. The Labute approximate surface area is 83.3 Å². The van der Waals surface area contributed by atoms with Gasteiger partial charge in [0.2, 0.25) is 0 Å². The van der Waals surface area contributed by atoms with Crippen molar-refractivity contribution in [2.45, 2.75) is 26.3 Å². The van der Waals surface area contributed by atoms with Crippen LogP contribution in [0.4, 0.5) is 5.82 Å². The molecule has 0 aliphatic heterocycles. The minimum Gasteiger partial charge on any atom is -0.384 e. The zero-order valence-corrected chi connectivity index (χ0v) is 8.96. The van der Waals surface area contributed by atoms with Crippen molar-refractivity contribution in [3.8, 4) is 0 Å². The molecule has 14 heavy (non-hydrogen) atoms. The number of rotatable bonds is 1. The number of hydrogen-bond donors (Lipinski definition) is 2. The van der Waals surface area contributed by atoms with Gasteiger partial charge in [-0.2, -0.15) is 5.10 Å². The lowest BCUT2D eigenvalue weighted by Crippen LogP contribution is -2.40. The van der Waals surface area contributed by atoms with E-state index in [0.717, 1.165) is 0 Å². The molecule has 0 unspecified atom stereocenters. The molecule has 0 atom stereocenters. The molecule has 1 amide bonds. The van der Waals surface area contributed by atoms with Crippen molar-refractivity contribution in [3.63, 3.8) is 0 Å². The molecule has 5 nitrogen and oxygen atoms in total. The van der Waals surface area contributed by atoms with E-state index in [1.54, 1.807) is 13.1 Å². The van der Waals surface area contributed by atoms with Gasteiger partial charge in [-0.3, -0.25) is 9.48 Å². The Morgan fingerprint density at radius 1 is 1.57 bits per heavy atom. The van der Waals surface area contributed by atoms with Crippen LogP contribution in [-0.2, 0) is 7.05 Å². The van der Waals surface area contributed by atoms with Gasteiger partial charge in [-0.25, -0.2) is 0 Å². The summed E-state index contributed by atoms with van der Waals surface area (Å²) in [6.45, 7) is 5.74. The Hall–Kier alpha value is -1.52. The minimum atomic E-state index is -0.261. The van der Waals surface area contributed by atoms with E-state index < -0.39 is 0 Å². The molecule has 0 saturated heterocycles. The lowest BCUT2D eigenvalue weighted by atomic mass is 10.1. The van der Waals surface area contributed by atoms with Gasteiger partial charge in [0.25, 0.3) is 5.91 Å². The number of aryl methyl sites for hydroxylation is 1. The third-order valence-electron chi connectivity index (χ3n) is 1.64. The summed E-state index contributed by atoms with van der Waals surface area (Å²) in [7, 11) is 1.70. The molecular formula is C9H16N4O. The average molecular weight is 196 g/mol. The molecule has 3 N–H and O–H groups in total. The summed E-state index contributed by atoms with van der Waals surface area (Å²) < 4.78 is 1.47. The number of carbonyl (C=O) groups is 1. The van der Waals surface area contributed by atoms with Crippen molar-refractivity contribution >= 4 is 11.7 Å². The SMILES string of the molecule is Cn1nc(C(=O)NC(C)(C)C)cc1N. The molecule has 0 radical (unpaired) electrons. The fourth-order valence-electron chi connectivity index (χ4n) is 0.997. The van der Waals surface area contributed by atoms with Gasteiger partial charge < -0.3 is 11.1 Å². The monoisotopic (exact) mass is 196 g/mol. The highest BCUT2D eigenvalue weighted by Crippen LogP contribution is 2.06. The van der Waals surface area contributed by atoms with Crippen LogP contribution in [0, 0.1) is 0 Å². The largest absolute Gasteiger partial charge is 0.384 e. The van der Waals surface area contributed by atoms with E-state index in [1.807, 2.05) is 20.8 Å². The van der Waals surface area contributed by atoms with Crippen molar-refractivity contribution < 1.29 is 4.79 Å². The topological polar surface area (TPSA) is 72.9 Å². The lowest BCUT2D eigenvalue weighted by molar-refractivity contribution is 0.0913. The Morgan fingerprint density at radius 2 is 2.14 bits per heavy atom. The lowest BCUT2D eigenvalue weighted by Gasteiger charge is -2.19. The van der Waals surface area contributed by atoms with E-state index >= 15 is 0 Å². The van der Waals surface area contributed by atoms with Crippen LogP contribution in [0.1, 0.15) is 31.3 Å². The molecule has 1 aromatic rings. The number of nitrogens with two attached hydrogens (primary N) is 1. The van der Waals surface area contributed by atoms with Crippen molar-refractivity contribution in [3.05, 3.63) is 11.8 Å². The Morgan fingerprint density at radius 3 is 2.50 bits per heavy atom. The summed E-state index contributed by atoms with van der Waals surface area (Å²) in [5, 5.41) is 6.78. The molecule has 78 valence electrons. The molecule has 0 bridgehead atoms. The number of hydrogen-bond acceptors (Lipinski definition) is 3. The second-order valence-electron chi connectivity index (χ2n) is 4.28. The molecule has 5 heteroatoms. The number of anilines is 1. The maximum atomic E-state index is 11.6. The van der Waals surface area contributed by atoms with Crippen molar-refractivity contribution in [1.29, 1.82) is 0 Å². The summed E-state index contributed by atoms with van der Waals surface area (Å²) >= 11 is 0. The standard InChI is InChI=1S/C9H16N4O/c1-9(2,3)11-8(14)6-5-7(10)13(4)12-6/h5H,10H2,1-4H3,(H,11,14). The van der Waals surface area contributed by atoms with E-state index in [2.05, 4.69) is 10.4 Å². The van der Waals surface area contributed by atoms with Gasteiger partial charge >= 0.3 is 0 Å². The van der Waals surface area contributed by atoms with Crippen LogP contribution in [-0.4, -0.2) is 21.2 Å². The Kier molecular flexibility index (Phi) is 2.51. The first-order valence-electron chi connectivity index (χ1n) is 4.41. The number of nitrogen functional groups attached to an aromatic ring is 1. The van der Waals surface area contributed by atoms with E-state index in [0.29, 0.717) is 11.5 Å². The van der Waals surface area contributed by atoms with Gasteiger partial charge in [0.15, 0.2) is 5.69 Å². The first kappa shape index (κ1) is 10.6. The summed E-state index contributed by atoms with van der Waals surface area (Å²) in [6, 6.07) is 1.56. The maximum Gasteiger partial charge on any atom is 0.272 e. The van der Waals surface area contributed by atoms with Crippen LogP contribution in [0.2, 0.25) is 0 Å². The molecule has 0 aliphatic rings. The van der Waals surface area contributed by atoms with E-state index in [4.69, 9.17) is 5.73 Å². The van der Waals surface area contributed by atoms with Crippen LogP contribution in [0.5, 0.6) is 0 Å². The number of nitrogens with zero attached hydrogens (tertiary/aromatic N) is 2. The van der Waals surface area contributed by atoms with Crippen molar-refractivity contribution in [1.82, 2.24) is 15.1 Å². The molecule has 0 saturated carbocycles. The van der Waals surface area contributed by atoms with Crippen LogP contribution in [0.3, 0.4) is 0 Å². The van der Waals surface area contributed by atoms with Crippen molar-refractivity contribution in [2.24, 2.45) is 7.05 Å². The summed E-state index contributed by atoms with van der Waals surface area (Å²) in [5.74, 6) is 0.272. The second-order valence-corrected chi connectivity index (χ2v) is 4.28. The van der Waals surface area contributed by atoms with Crippen LogP contribution >= 0.6 is 0 Å². The van der Waals surface area contributed by atoms with Crippen molar-refractivity contribution in [2.75, 3.05) is 5.73 Å². The van der Waals surface area contributed by atoms with Gasteiger partial charge in [-0.15, -0.1) is 0 Å². The normalized spacial score (nSPS) is 11.4. The smallest absolute Gasteiger partial charge is 0.272 e. The predicted octanol–water partition coefficient (Wildman–Crippen LogP) is 0.531. The zero-order chi connectivity index (χ0) is 10.9. The maximum absolute atomic E-state index is 11.6. The summed E-state index contributed by atoms with van der Waals surface area (Å²) in [6.07, 6.45) is 0. The highest BCUT2D eigenvalue weighted by molar-refractivity contribution is 5.93. The first-order valence-corrected chi connectivity index (χ1v) is 4.41. The summed E-state index contributed by atoms with van der Waals surface area (Å²) in [4.78, 5) is 11.6. The fourth-order valence-corrected chi connectivity index (χ4v) is 0.997. The van der Waals surface area contributed by atoms with Crippen LogP contribution in [0.25, 0.3) is 0 Å². The molecular weight excluding hydrogens is 180 g/mol. The number of aromatic nitrogens is 2. The second kappa shape index (κ2) is 3.32. The zero-order valence-electron chi connectivity index (χ0n) is 8.96. The highest BCUT2D eigenvalue weighted by atomic mass is 16.2. The number of carbonyl (C=O) groups excluding carboxylic acids is 1. The van der Waals surface area contributed by atoms with Crippen LogP contribution < -0.4 is 11.1 Å². The Bertz CT molecular complexity index is 329. The number of amides is 1.